The van der Waals surface area contributed by atoms with Gasteiger partial charge in [-0.3, -0.25) is 0 Å². The number of thioether (sulfide) groups is 4. The molecule has 14 heavy (non-hydrogen) atoms. The topological polar surface area (TPSA) is 18.5 Å². The molecule has 0 amide bonds. The quantitative estimate of drug-likeness (QED) is 0.746. The fraction of sp³-hybridized carbons (Fsp3) is 0.250. The molecule has 0 saturated carbocycles. The molecule has 0 fully saturated rings. The molecular formula is C8H8O2S4. The van der Waals surface area contributed by atoms with Crippen LogP contribution in [0.15, 0.2) is 29.5 Å². The molecule has 0 N–H and O–H groups in total. The minimum atomic E-state index is 0.963. The first-order valence-corrected chi connectivity index (χ1v) is 7.14. The van der Waals surface area contributed by atoms with E-state index in [-0.39, 0.29) is 0 Å². The lowest BCUT2D eigenvalue weighted by Crippen LogP contribution is -1.75. The Balaban J connectivity index is 2.01. The van der Waals surface area contributed by atoms with Crippen molar-refractivity contribution in [3.05, 3.63) is 29.5 Å². The van der Waals surface area contributed by atoms with E-state index in [9.17, 15) is 0 Å². The van der Waals surface area contributed by atoms with Crippen LogP contribution >= 0.6 is 47.0 Å². The van der Waals surface area contributed by atoms with Gasteiger partial charge in [-0.1, -0.05) is 23.5 Å². The van der Waals surface area contributed by atoms with Crippen LogP contribution in [-0.4, -0.2) is 14.2 Å². The van der Waals surface area contributed by atoms with E-state index < -0.39 is 0 Å². The molecule has 2 aliphatic rings. The normalized spacial score (nSPS) is 26.1. The van der Waals surface area contributed by atoms with E-state index in [1.165, 1.54) is 8.47 Å². The molecule has 2 aliphatic heterocycles. The van der Waals surface area contributed by atoms with Crippen molar-refractivity contribution in [2.45, 2.75) is 0 Å². The summed E-state index contributed by atoms with van der Waals surface area (Å²) in [6.07, 6.45) is 0. The van der Waals surface area contributed by atoms with Gasteiger partial charge in [-0.2, -0.15) is 0 Å². The second-order valence-corrected chi connectivity index (χ2v) is 6.60. The van der Waals surface area contributed by atoms with Crippen LogP contribution in [-0.2, 0) is 9.47 Å². The molecule has 0 unspecified atom stereocenters. The van der Waals surface area contributed by atoms with Crippen molar-refractivity contribution >= 4 is 47.0 Å². The predicted molar refractivity (Wildman–Crippen MR) is 67.6 cm³/mol. The summed E-state index contributed by atoms with van der Waals surface area (Å²) in [7, 11) is 3.39. The largest absolute Gasteiger partial charge is 0.490 e. The molecule has 2 nitrogen and oxygen atoms in total. The summed E-state index contributed by atoms with van der Waals surface area (Å²) in [5.41, 5.74) is 0. The fourth-order valence-corrected chi connectivity index (χ4v) is 5.25. The maximum Gasteiger partial charge on any atom is 0.164 e. The van der Waals surface area contributed by atoms with Crippen LogP contribution in [0, 0.1) is 0 Å². The van der Waals surface area contributed by atoms with Crippen LogP contribution in [0.4, 0.5) is 0 Å². The number of hydrogen-bond donors (Lipinski definition) is 0. The lowest BCUT2D eigenvalue weighted by molar-refractivity contribution is 0.326. The highest BCUT2D eigenvalue weighted by molar-refractivity contribution is 8.33. The van der Waals surface area contributed by atoms with E-state index in [1.807, 2.05) is 10.8 Å². The zero-order chi connectivity index (χ0) is 9.97. The van der Waals surface area contributed by atoms with Gasteiger partial charge in [0.15, 0.2) is 10.2 Å². The molecule has 6 heteroatoms. The van der Waals surface area contributed by atoms with Crippen molar-refractivity contribution in [1.82, 2.24) is 0 Å². The monoisotopic (exact) mass is 264 g/mol. The summed E-state index contributed by atoms with van der Waals surface area (Å²) in [4.78, 5) is 0. The van der Waals surface area contributed by atoms with E-state index in [1.54, 1.807) is 61.3 Å². The maximum atomic E-state index is 5.16. The van der Waals surface area contributed by atoms with Crippen molar-refractivity contribution < 1.29 is 9.47 Å². The summed E-state index contributed by atoms with van der Waals surface area (Å²) in [5, 5.41) is 5.98. The maximum absolute atomic E-state index is 5.16. The van der Waals surface area contributed by atoms with Crippen LogP contribution in [0.3, 0.4) is 0 Å². The van der Waals surface area contributed by atoms with Crippen LogP contribution in [0.1, 0.15) is 0 Å². The molecule has 0 atom stereocenters. The Hall–Kier alpha value is 0.220. The summed E-state index contributed by atoms with van der Waals surface area (Å²) >= 11 is 6.76. The molecule has 0 aromatic heterocycles. The van der Waals surface area contributed by atoms with Gasteiger partial charge in [-0.15, -0.1) is 0 Å². The Bertz CT molecular complexity index is 300. The minimum absolute atomic E-state index is 0.963. The smallest absolute Gasteiger partial charge is 0.164 e. The van der Waals surface area contributed by atoms with Gasteiger partial charge in [0.1, 0.15) is 0 Å². The van der Waals surface area contributed by atoms with Gasteiger partial charge in [-0.05, 0) is 23.5 Å². The molecule has 0 spiro atoms. The standard InChI is InChI=1S/C8H8O2S4/c1-9-5-3-11-7(13-5)8-12-4-6(10-2)14-8/h3-4H,1-2H3/b8-7+. The highest BCUT2D eigenvalue weighted by Gasteiger charge is 2.22. The first kappa shape index (κ1) is 10.7. The molecule has 76 valence electrons. The second kappa shape index (κ2) is 4.83. The predicted octanol–water partition coefficient (Wildman–Crippen LogP) is 3.96. The Morgan fingerprint density at radius 1 is 0.857 bits per heavy atom. The van der Waals surface area contributed by atoms with E-state index in [0.717, 1.165) is 10.2 Å². The van der Waals surface area contributed by atoms with Crippen LogP contribution in [0.2, 0.25) is 0 Å². The van der Waals surface area contributed by atoms with E-state index >= 15 is 0 Å². The Morgan fingerprint density at radius 2 is 1.29 bits per heavy atom. The summed E-state index contributed by atoms with van der Waals surface area (Å²) < 4.78 is 12.9. The van der Waals surface area contributed by atoms with E-state index in [0.29, 0.717) is 0 Å². The highest BCUT2D eigenvalue weighted by atomic mass is 32.2. The molecule has 0 aliphatic carbocycles. The van der Waals surface area contributed by atoms with Gasteiger partial charge in [-0.25, -0.2) is 0 Å². The van der Waals surface area contributed by atoms with Gasteiger partial charge in [0.25, 0.3) is 0 Å². The Labute approximate surface area is 99.9 Å². The number of rotatable bonds is 2. The Kier molecular flexibility index (Phi) is 3.70. The average molecular weight is 264 g/mol. The van der Waals surface area contributed by atoms with Gasteiger partial charge < -0.3 is 9.47 Å². The first-order valence-electron chi connectivity index (χ1n) is 3.75. The number of methoxy groups -OCH3 is 2. The van der Waals surface area contributed by atoms with Crippen molar-refractivity contribution in [2.75, 3.05) is 14.2 Å². The zero-order valence-electron chi connectivity index (χ0n) is 7.60. The van der Waals surface area contributed by atoms with Gasteiger partial charge in [0, 0.05) is 10.8 Å². The fourth-order valence-electron chi connectivity index (χ4n) is 0.841. The average Bonchev–Trinajstić information content (AvgIpc) is 2.86. The molecule has 0 aromatic rings. The lowest BCUT2D eigenvalue weighted by Gasteiger charge is -2.01. The summed E-state index contributed by atoms with van der Waals surface area (Å²) in [5.74, 6) is 0. The summed E-state index contributed by atoms with van der Waals surface area (Å²) in [6, 6.07) is 0. The first-order chi connectivity index (χ1) is 6.83. The van der Waals surface area contributed by atoms with Gasteiger partial charge in [0.05, 0.1) is 22.7 Å². The van der Waals surface area contributed by atoms with E-state index in [4.69, 9.17) is 9.47 Å². The lowest BCUT2D eigenvalue weighted by atomic mass is 11.1. The van der Waals surface area contributed by atoms with Crippen LogP contribution in [0.5, 0.6) is 0 Å². The molecule has 0 saturated heterocycles. The SMILES string of the molecule is COC1=CS/C(=C2/SC=C(OC)S2)S1. The molecule has 2 heterocycles. The molecule has 0 aromatic carbocycles. The second-order valence-electron chi connectivity index (χ2n) is 2.30. The van der Waals surface area contributed by atoms with Crippen molar-refractivity contribution in [1.29, 1.82) is 0 Å². The van der Waals surface area contributed by atoms with Gasteiger partial charge >= 0.3 is 0 Å². The zero-order valence-corrected chi connectivity index (χ0v) is 10.9. The third kappa shape index (κ3) is 2.24. The molecule has 2 rings (SSSR count). The summed E-state index contributed by atoms with van der Waals surface area (Å²) in [6.45, 7) is 0. The third-order valence-electron chi connectivity index (χ3n) is 1.48. The van der Waals surface area contributed by atoms with Crippen LogP contribution in [0.25, 0.3) is 0 Å². The van der Waals surface area contributed by atoms with Gasteiger partial charge in [0.2, 0.25) is 0 Å². The van der Waals surface area contributed by atoms with Crippen LogP contribution < -0.4 is 0 Å². The number of ether oxygens (including phenoxy) is 2. The minimum Gasteiger partial charge on any atom is -0.490 e. The molecular weight excluding hydrogens is 256 g/mol. The van der Waals surface area contributed by atoms with Crippen molar-refractivity contribution in [2.24, 2.45) is 0 Å². The highest BCUT2D eigenvalue weighted by Crippen LogP contribution is 2.55. The van der Waals surface area contributed by atoms with E-state index in [2.05, 4.69) is 0 Å². The Morgan fingerprint density at radius 3 is 1.57 bits per heavy atom. The number of hydrogen-bond acceptors (Lipinski definition) is 6. The molecule has 0 radical (unpaired) electrons. The molecule has 0 bridgehead atoms. The van der Waals surface area contributed by atoms with Crippen molar-refractivity contribution in [3.8, 4) is 0 Å². The van der Waals surface area contributed by atoms with Crippen molar-refractivity contribution in [3.63, 3.8) is 0 Å². The third-order valence-corrected chi connectivity index (χ3v) is 6.62.